The summed E-state index contributed by atoms with van der Waals surface area (Å²) in [7, 11) is 3.22. The summed E-state index contributed by atoms with van der Waals surface area (Å²) < 4.78 is 5.07. The van der Waals surface area contributed by atoms with E-state index in [1.807, 2.05) is 0 Å². The summed E-state index contributed by atoms with van der Waals surface area (Å²) in [6.07, 6.45) is 0. The van der Waals surface area contributed by atoms with Crippen molar-refractivity contribution in [2.45, 2.75) is 0 Å². The van der Waals surface area contributed by atoms with Gasteiger partial charge < -0.3 is 14.7 Å². The summed E-state index contributed by atoms with van der Waals surface area (Å²) in [5.41, 5.74) is 0.959. The molecule has 0 spiro atoms. The first kappa shape index (κ1) is 14.2. The zero-order valence-electron chi connectivity index (χ0n) is 11.1. The van der Waals surface area contributed by atoms with Gasteiger partial charge in [-0.15, -0.1) is 0 Å². The van der Waals surface area contributed by atoms with Crippen LogP contribution >= 0.6 is 11.6 Å². The molecule has 2 rings (SSSR count). The number of ether oxygens (including phenoxy) is 1. The topological polar surface area (TPSA) is 49.8 Å². The van der Waals surface area contributed by atoms with Crippen molar-refractivity contribution in [2.75, 3.05) is 19.1 Å². The highest BCUT2D eigenvalue weighted by Crippen LogP contribution is 2.25. The highest BCUT2D eigenvalue weighted by Gasteiger charge is 2.17. The SMILES string of the molecule is COc1ccc(N(C)C(=O)c2cc(O)ccc2Cl)cc1. The molecule has 0 fully saturated rings. The lowest BCUT2D eigenvalue weighted by Crippen LogP contribution is -2.26. The Morgan fingerprint density at radius 2 is 1.85 bits per heavy atom. The Labute approximate surface area is 122 Å². The van der Waals surface area contributed by atoms with Crippen molar-refractivity contribution >= 4 is 23.2 Å². The zero-order valence-corrected chi connectivity index (χ0v) is 11.9. The van der Waals surface area contributed by atoms with Crippen molar-refractivity contribution in [3.63, 3.8) is 0 Å². The second-order valence-corrected chi connectivity index (χ2v) is 4.63. The lowest BCUT2D eigenvalue weighted by Gasteiger charge is -2.18. The van der Waals surface area contributed by atoms with E-state index in [4.69, 9.17) is 16.3 Å². The van der Waals surface area contributed by atoms with Gasteiger partial charge in [0.05, 0.1) is 17.7 Å². The van der Waals surface area contributed by atoms with Crippen LogP contribution in [0, 0.1) is 0 Å². The number of benzene rings is 2. The molecule has 104 valence electrons. The molecule has 0 heterocycles. The maximum absolute atomic E-state index is 12.4. The Bertz CT molecular complexity index is 626. The van der Waals surface area contributed by atoms with Gasteiger partial charge in [0.2, 0.25) is 0 Å². The second-order valence-electron chi connectivity index (χ2n) is 4.23. The summed E-state index contributed by atoms with van der Waals surface area (Å²) >= 11 is 5.99. The standard InChI is InChI=1S/C15H14ClNO3/c1-17(10-3-6-12(20-2)7-4-10)15(19)13-9-11(18)5-8-14(13)16/h3-9,18H,1-2H3. The molecule has 2 aromatic rings. The fourth-order valence-electron chi connectivity index (χ4n) is 1.78. The number of amides is 1. The van der Waals surface area contributed by atoms with Gasteiger partial charge in [-0.2, -0.15) is 0 Å². The molecule has 0 saturated heterocycles. The Balaban J connectivity index is 2.29. The molecule has 20 heavy (non-hydrogen) atoms. The Morgan fingerprint density at radius 1 is 1.20 bits per heavy atom. The number of carbonyl (C=O) groups excluding carboxylic acids is 1. The van der Waals surface area contributed by atoms with Crippen LogP contribution in [0.25, 0.3) is 0 Å². The maximum atomic E-state index is 12.4. The Hall–Kier alpha value is -2.20. The van der Waals surface area contributed by atoms with Crippen LogP contribution in [-0.2, 0) is 0 Å². The molecule has 4 nitrogen and oxygen atoms in total. The quantitative estimate of drug-likeness (QED) is 0.943. The number of phenols is 1. The third kappa shape index (κ3) is 2.86. The molecule has 0 aliphatic carbocycles. The first-order chi connectivity index (χ1) is 9.52. The number of methoxy groups -OCH3 is 1. The normalized spacial score (nSPS) is 10.2. The lowest BCUT2D eigenvalue weighted by atomic mass is 10.1. The van der Waals surface area contributed by atoms with Crippen LogP contribution in [0.5, 0.6) is 11.5 Å². The zero-order chi connectivity index (χ0) is 14.7. The lowest BCUT2D eigenvalue weighted by molar-refractivity contribution is 0.0992. The molecule has 0 atom stereocenters. The molecule has 2 aromatic carbocycles. The van der Waals surface area contributed by atoms with Gasteiger partial charge in [0.15, 0.2) is 0 Å². The highest BCUT2D eigenvalue weighted by atomic mass is 35.5. The summed E-state index contributed by atoms with van der Waals surface area (Å²) in [5.74, 6) is 0.418. The Kier molecular flexibility index (Phi) is 4.15. The predicted molar refractivity (Wildman–Crippen MR) is 78.8 cm³/mol. The first-order valence-corrected chi connectivity index (χ1v) is 6.31. The fourth-order valence-corrected chi connectivity index (χ4v) is 1.98. The smallest absolute Gasteiger partial charge is 0.259 e. The van der Waals surface area contributed by atoms with Crippen LogP contribution in [0.2, 0.25) is 5.02 Å². The minimum atomic E-state index is -0.295. The minimum absolute atomic E-state index is 0.000816. The van der Waals surface area contributed by atoms with E-state index < -0.39 is 0 Å². The van der Waals surface area contributed by atoms with E-state index in [9.17, 15) is 9.90 Å². The van der Waals surface area contributed by atoms with Gasteiger partial charge in [-0.1, -0.05) is 11.6 Å². The molecule has 1 N–H and O–H groups in total. The molecule has 0 bridgehead atoms. The van der Waals surface area contributed by atoms with Crippen molar-refractivity contribution < 1.29 is 14.6 Å². The van der Waals surface area contributed by atoms with E-state index in [-0.39, 0.29) is 17.2 Å². The monoisotopic (exact) mass is 291 g/mol. The highest BCUT2D eigenvalue weighted by molar-refractivity contribution is 6.34. The van der Waals surface area contributed by atoms with Crippen LogP contribution in [-0.4, -0.2) is 25.2 Å². The van der Waals surface area contributed by atoms with Gasteiger partial charge in [0.1, 0.15) is 11.5 Å². The molecule has 1 amide bonds. The van der Waals surface area contributed by atoms with E-state index in [1.165, 1.54) is 23.1 Å². The van der Waals surface area contributed by atoms with Crippen molar-refractivity contribution in [1.82, 2.24) is 0 Å². The number of hydrogen-bond acceptors (Lipinski definition) is 3. The summed E-state index contributed by atoms with van der Waals surface area (Å²) in [5, 5.41) is 9.76. The van der Waals surface area contributed by atoms with Crippen LogP contribution < -0.4 is 9.64 Å². The number of rotatable bonds is 3. The molecule has 0 aromatic heterocycles. The molecule has 0 unspecified atom stereocenters. The molecule has 0 aliphatic rings. The number of carbonyl (C=O) groups is 1. The van der Waals surface area contributed by atoms with Gasteiger partial charge >= 0.3 is 0 Å². The predicted octanol–water partition coefficient (Wildman–Crippen LogP) is 3.33. The van der Waals surface area contributed by atoms with Crippen LogP contribution in [0.4, 0.5) is 5.69 Å². The van der Waals surface area contributed by atoms with Crippen LogP contribution in [0.3, 0.4) is 0 Å². The Morgan fingerprint density at radius 3 is 2.45 bits per heavy atom. The summed E-state index contributed by atoms with van der Waals surface area (Å²) in [6.45, 7) is 0. The van der Waals surface area contributed by atoms with E-state index >= 15 is 0 Å². The van der Waals surface area contributed by atoms with Gasteiger partial charge in [-0.3, -0.25) is 4.79 Å². The number of aromatic hydroxyl groups is 1. The van der Waals surface area contributed by atoms with Gasteiger partial charge in [-0.25, -0.2) is 0 Å². The van der Waals surface area contributed by atoms with Crippen molar-refractivity contribution in [2.24, 2.45) is 0 Å². The minimum Gasteiger partial charge on any atom is -0.508 e. The molecule has 0 saturated carbocycles. The van der Waals surface area contributed by atoms with Gasteiger partial charge in [-0.05, 0) is 42.5 Å². The van der Waals surface area contributed by atoms with Crippen LogP contribution in [0.15, 0.2) is 42.5 Å². The fraction of sp³-hybridized carbons (Fsp3) is 0.133. The molecular weight excluding hydrogens is 278 g/mol. The first-order valence-electron chi connectivity index (χ1n) is 5.93. The van der Waals surface area contributed by atoms with Gasteiger partial charge in [0, 0.05) is 12.7 Å². The number of phenolic OH excluding ortho intramolecular Hbond substituents is 1. The summed E-state index contributed by atoms with van der Waals surface area (Å²) in [6, 6.07) is 11.4. The van der Waals surface area contributed by atoms with Crippen molar-refractivity contribution in [3.05, 3.63) is 53.1 Å². The number of nitrogens with zero attached hydrogens (tertiary/aromatic N) is 1. The van der Waals surface area contributed by atoms with Crippen molar-refractivity contribution in [3.8, 4) is 11.5 Å². The van der Waals surface area contributed by atoms with Crippen LogP contribution in [0.1, 0.15) is 10.4 Å². The molecule has 0 radical (unpaired) electrons. The van der Waals surface area contributed by atoms with E-state index in [0.717, 1.165) is 0 Å². The number of halogens is 1. The molecule has 5 heteroatoms. The summed E-state index contributed by atoms with van der Waals surface area (Å²) in [4.78, 5) is 13.8. The number of anilines is 1. The number of hydrogen-bond donors (Lipinski definition) is 1. The largest absolute Gasteiger partial charge is 0.508 e. The molecular formula is C15H14ClNO3. The average Bonchev–Trinajstić information content (AvgIpc) is 2.48. The van der Waals surface area contributed by atoms with E-state index in [2.05, 4.69) is 0 Å². The molecule has 0 aliphatic heterocycles. The van der Waals surface area contributed by atoms with E-state index in [0.29, 0.717) is 16.5 Å². The van der Waals surface area contributed by atoms with Crippen molar-refractivity contribution in [1.29, 1.82) is 0 Å². The average molecular weight is 292 g/mol. The second kappa shape index (κ2) is 5.84. The van der Waals surface area contributed by atoms with Gasteiger partial charge in [0.25, 0.3) is 5.91 Å². The third-order valence-corrected chi connectivity index (χ3v) is 3.27. The van der Waals surface area contributed by atoms with E-state index in [1.54, 1.807) is 38.4 Å². The maximum Gasteiger partial charge on any atom is 0.259 e. The third-order valence-electron chi connectivity index (χ3n) is 2.94.